The van der Waals surface area contributed by atoms with Gasteiger partial charge in [0.15, 0.2) is 0 Å². The molecule has 2 fully saturated rings. The monoisotopic (exact) mass is 255 g/mol. The third-order valence-electron chi connectivity index (χ3n) is 3.37. The van der Waals surface area contributed by atoms with Gasteiger partial charge in [0, 0.05) is 31.7 Å². The number of nitrogens with one attached hydrogen (secondary N) is 2. The molecule has 0 aromatic rings. The van der Waals surface area contributed by atoms with E-state index in [1.807, 2.05) is 25.7 Å². The van der Waals surface area contributed by atoms with Gasteiger partial charge in [0.1, 0.15) is 5.60 Å². The Morgan fingerprint density at radius 3 is 2.72 bits per heavy atom. The van der Waals surface area contributed by atoms with Crippen molar-refractivity contribution in [3.05, 3.63) is 0 Å². The first kappa shape index (κ1) is 13.6. The van der Waals surface area contributed by atoms with Crippen LogP contribution in [0.3, 0.4) is 0 Å². The molecule has 0 bridgehead atoms. The Morgan fingerprint density at radius 1 is 1.33 bits per heavy atom. The lowest BCUT2D eigenvalue weighted by molar-refractivity contribution is 0.0290. The molecule has 0 saturated carbocycles. The van der Waals surface area contributed by atoms with Crippen molar-refractivity contribution >= 4 is 6.09 Å². The predicted molar refractivity (Wildman–Crippen MR) is 70.6 cm³/mol. The third kappa shape index (κ3) is 3.85. The highest BCUT2D eigenvalue weighted by Crippen LogP contribution is 2.16. The summed E-state index contributed by atoms with van der Waals surface area (Å²) in [5.74, 6) is 0. The van der Waals surface area contributed by atoms with Crippen LogP contribution >= 0.6 is 0 Å². The summed E-state index contributed by atoms with van der Waals surface area (Å²) in [7, 11) is 0. The maximum atomic E-state index is 11.9. The predicted octanol–water partition coefficient (Wildman–Crippen LogP) is 0.947. The van der Waals surface area contributed by atoms with Crippen molar-refractivity contribution in [3.8, 4) is 0 Å². The number of ether oxygens (including phenoxy) is 1. The summed E-state index contributed by atoms with van der Waals surface area (Å²) in [6, 6.07) is 0.982. The Labute approximate surface area is 109 Å². The second-order valence-electron chi connectivity index (χ2n) is 6.27. The van der Waals surface area contributed by atoms with Gasteiger partial charge in [0.05, 0.1) is 0 Å². The zero-order chi connectivity index (χ0) is 13.2. The quantitative estimate of drug-likeness (QED) is 0.771. The summed E-state index contributed by atoms with van der Waals surface area (Å²) >= 11 is 0. The van der Waals surface area contributed by atoms with Crippen LogP contribution < -0.4 is 10.6 Å². The summed E-state index contributed by atoms with van der Waals surface area (Å²) < 4.78 is 5.39. The van der Waals surface area contributed by atoms with Crippen LogP contribution in [-0.2, 0) is 4.74 Å². The molecule has 1 amide bonds. The summed E-state index contributed by atoms with van der Waals surface area (Å²) in [4.78, 5) is 13.7. The van der Waals surface area contributed by atoms with Crippen LogP contribution in [0.4, 0.5) is 4.79 Å². The Balaban J connectivity index is 1.75. The van der Waals surface area contributed by atoms with Crippen LogP contribution in [0.5, 0.6) is 0 Å². The van der Waals surface area contributed by atoms with E-state index in [4.69, 9.17) is 4.74 Å². The van der Waals surface area contributed by atoms with Gasteiger partial charge in [-0.2, -0.15) is 0 Å². The Hall–Kier alpha value is -0.810. The minimum atomic E-state index is -0.405. The van der Waals surface area contributed by atoms with Crippen LogP contribution in [0.2, 0.25) is 0 Å². The number of rotatable bonds is 2. The fourth-order valence-corrected chi connectivity index (χ4v) is 2.52. The van der Waals surface area contributed by atoms with Gasteiger partial charge in [0.2, 0.25) is 0 Å². The molecular formula is C13H25N3O2. The van der Waals surface area contributed by atoms with Gasteiger partial charge < -0.3 is 20.3 Å². The van der Waals surface area contributed by atoms with Crippen molar-refractivity contribution in [1.29, 1.82) is 0 Å². The van der Waals surface area contributed by atoms with E-state index >= 15 is 0 Å². The first-order chi connectivity index (χ1) is 8.44. The third-order valence-corrected chi connectivity index (χ3v) is 3.37. The summed E-state index contributed by atoms with van der Waals surface area (Å²) in [5.41, 5.74) is -0.405. The van der Waals surface area contributed by atoms with E-state index in [-0.39, 0.29) is 6.09 Å². The first-order valence-corrected chi connectivity index (χ1v) is 6.89. The van der Waals surface area contributed by atoms with Crippen molar-refractivity contribution in [1.82, 2.24) is 15.5 Å². The maximum absolute atomic E-state index is 11.9. The molecule has 0 spiro atoms. The van der Waals surface area contributed by atoms with Crippen LogP contribution in [0.25, 0.3) is 0 Å². The molecule has 2 aliphatic rings. The van der Waals surface area contributed by atoms with Crippen molar-refractivity contribution in [2.75, 3.05) is 26.2 Å². The fraction of sp³-hybridized carbons (Fsp3) is 0.923. The molecule has 2 saturated heterocycles. The summed E-state index contributed by atoms with van der Waals surface area (Å²) in [5, 5.41) is 6.96. The molecule has 0 radical (unpaired) electrons. The molecule has 0 aromatic heterocycles. The van der Waals surface area contributed by atoms with Gasteiger partial charge in [-0.3, -0.25) is 0 Å². The molecule has 2 heterocycles. The van der Waals surface area contributed by atoms with E-state index in [1.165, 1.54) is 6.42 Å². The van der Waals surface area contributed by atoms with E-state index < -0.39 is 5.60 Å². The van der Waals surface area contributed by atoms with Gasteiger partial charge in [-0.15, -0.1) is 0 Å². The Bertz CT molecular complexity index is 295. The van der Waals surface area contributed by atoms with Crippen molar-refractivity contribution in [3.63, 3.8) is 0 Å². The lowest BCUT2D eigenvalue weighted by atomic mass is 10.2. The topological polar surface area (TPSA) is 53.6 Å². The van der Waals surface area contributed by atoms with Gasteiger partial charge in [-0.25, -0.2) is 4.79 Å². The van der Waals surface area contributed by atoms with Crippen LogP contribution in [0, 0.1) is 0 Å². The smallest absolute Gasteiger partial charge is 0.410 e. The number of nitrogens with zero attached hydrogens (tertiary/aromatic N) is 1. The van der Waals surface area contributed by atoms with Gasteiger partial charge in [-0.1, -0.05) is 0 Å². The molecule has 2 aliphatic heterocycles. The van der Waals surface area contributed by atoms with Gasteiger partial charge >= 0.3 is 6.09 Å². The summed E-state index contributed by atoms with van der Waals surface area (Å²) in [6.07, 6.45) is 2.02. The largest absolute Gasteiger partial charge is 0.444 e. The highest BCUT2D eigenvalue weighted by molar-refractivity contribution is 5.68. The highest BCUT2D eigenvalue weighted by atomic mass is 16.6. The van der Waals surface area contributed by atoms with Gasteiger partial charge in [-0.05, 0) is 40.2 Å². The first-order valence-electron chi connectivity index (χ1n) is 6.89. The van der Waals surface area contributed by atoms with E-state index in [2.05, 4.69) is 10.6 Å². The molecule has 0 aliphatic carbocycles. The average Bonchev–Trinajstić information content (AvgIpc) is 2.86. The van der Waals surface area contributed by atoms with E-state index in [0.717, 1.165) is 32.6 Å². The zero-order valence-electron chi connectivity index (χ0n) is 11.7. The van der Waals surface area contributed by atoms with Gasteiger partial charge in [0.25, 0.3) is 0 Å². The standard InChI is InChI=1S/C13H25N3O2/c1-13(2,3)18-12(17)16-7-5-11(9-16)15-10-4-6-14-8-10/h10-11,14-15H,4-9H2,1-3H3/t10-,11?/m1/s1. The molecule has 5 nitrogen and oxygen atoms in total. The van der Waals surface area contributed by atoms with E-state index in [1.54, 1.807) is 0 Å². The molecule has 2 atom stereocenters. The van der Waals surface area contributed by atoms with Crippen LogP contribution in [0.1, 0.15) is 33.6 Å². The minimum absolute atomic E-state index is 0.184. The number of carbonyl (C=O) groups is 1. The zero-order valence-corrected chi connectivity index (χ0v) is 11.7. The molecule has 104 valence electrons. The number of likely N-dealkylation sites (tertiary alicyclic amines) is 1. The maximum Gasteiger partial charge on any atom is 0.410 e. The molecule has 2 N–H and O–H groups in total. The van der Waals surface area contributed by atoms with Crippen molar-refractivity contribution < 1.29 is 9.53 Å². The lowest BCUT2D eigenvalue weighted by Crippen LogP contribution is -2.42. The molecule has 2 rings (SSSR count). The fourth-order valence-electron chi connectivity index (χ4n) is 2.52. The molecule has 1 unspecified atom stereocenters. The number of hydrogen-bond donors (Lipinski definition) is 2. The number of hydrogen-bond acceptors (Lipinski definition) is 4. The molecular weight excluding hydrogens is 230 g/mol. The normalized spacial score (nSPS) is 28.7. The Kier molecular flexibility index (Phi) is 4.12. The minimum Gasteiger partial charge on any atom is -0.444 e. The van der Waals surface area contributed by atoms with E-state index in [0.29, 0.717) is 12.1 Å². The SMILES string of the molecule is CC(C)(C)OC(=O)N1CCC(N[C@@H]2CCNC2)C1. The molecule has 0 aromatic carbocycles. The number of carbonyl (C=O) groups excluding carboxylic acids is 1. The second kappa shape index (κ2) is 5.45. The van der Waals surface area contributed by atoms with Crippen molar-refractivity contribution in [2.24, 2.45) is 0 Å². The van der Waals surface area contributed by atoms with Crippen molar-refractivity contribution in [2.45, 2.75) is 51.3 Å². The van der Waals surface area contributed by atoms with Crippen LogP contribution in [-0.4, -0.2) is 54.9 Å². The van der Waals surface area contributed by atoms with E-state index in [9.17, 15) is 4.79 Å². The lowest BCUT2D eigenvalue weighted by Gasteiger charge is -2.25. The summed E-state index contributed by atoms with van der Waals surface area (Å²) in [6.45, 7) is 9.42. The molecule has 18 heavy (non-hydrogen) atoms. The number of amides is 1. The molecule has 5 heteroatoms. The Morgan fingerprint density at radius 2 is 2.11 bits per heavy atom. The second-order valence-corrected chi connectivity index (χ2v) is 6.27. The van der Waals surface area contributed by atoms with Crippen LogP contribution in [0.15, 0.2) is 0 Å². The highest BCUT2D eigenvalue weighted by Gasteiger charge is 2.31. The average molecular weight is 255 g/mol.